The smallest absolute Gasteiger partial charge is 0.242 e. The number of amides is 2. The van der Waals surface area contributed by atoms with Crippen LogP contribution in [0, 0.1) is 5.92 Å². The van der Waals surface area contributed by atoms with E-state index in [1.807, 2.05) is 11.8 Å². The first-order chi connectivity index (χ1) is 12.7. The minimum atomic E-state index is -0.0229. The zero-order chi connectivity index (χ0) is 18.4. The van der Waals surface area contributed by atoms with Gasteiger partial charge in [0.15, 0.2) is 5.96 Å². The Hall–Kier alpha value is -1.79. The number of rotatable bonds is 6. The number of aliphatic imine (C=N–C) groups is 1. The van der Waals surface area contributed by atoms with Gasteiger partial charge in [0.1, 0.15) is 6.54 Å². The summed E-state index contributed by atoms with van der Waals surface area (Å²) in [4.78, 5) is 30.9. The van der Waals surface area contributed by atoms with E-state index in [1.165, 1.54) is 19.3 Å². The summed E-state index contributed by atoms with van der Waals surface area (Å²) >= 11 is 0. The summed E-state index contributed by atoms with van der Waals surface area (Å²) in [7, 11) is 0. The molecular weight excluding hydrogens is 330 g/mol. The van der Waals surface area contributed by atoms with Gasteiger partial charge in [-0.15, -0.1) is 0 Å². The SMILES string of the molecule is CCNC(=NCC(=O)NC1CC1)NC1CCN(C(=O)C2CCCCC2)C1. The third kappa shape index (κ3) is 5.61. The molecule has 2 saturated carbocycles. The van der Waals surface area contributed by atoms with Gasteiger partial charge >= 0.3 is 0 Å². The van der Waals surface area contributed by atoms with Crippen LogP contribution in [0.3, 0.4) is 0 Å². The molecule has 3 N–H and O–H groups in total. The highest BCUT2D eigenvalue weighted by molar-refractivity contribution is 5.85. The molecule has 7 heteroatoms. The van der Waals surface area contributed by atoms with E-state index in [0.29, 0.717) is 17.9 Å². The summed E-state index contributed by atoms with van der Waals surface area (Å²) in [5, 5.41) is 9.54. The summed E-state index contributed by atoms with van der Waals surface area (Å²) in [6.07, 6.45) is 8.84. The van der Waals surface area contributed by atoms with Gasteiger partial charge < -0.3 is 20.9 Å². The Morgan fingerprint density at radius 2 is 1.77 bits per heavy atom. The molecular formula is C19H33N5O2. The number of hydrogen-bond acceptors (Lipinski definition) is 3. The highest BCUT2D eigenvalue weighted by Gasteiger charge is 2.31. The van der Waals surface area contributed by atoms with E-state index >= 15 is 0 Å². The van der Waals surface area contributed by atoms with E-state index in [2.05, 4.69) is 20.9 Å². The molecule has 0 spiro atoms. The second-order valence-corrected chi connectivity index (χ2v) is 7.79. The van der Waals surface area contributed by atoms with Crippen molar-refractivity contribution in [3.05, 3.63) is 0 Å². The third-order valence-electron chi connectivity index (χ3n) is 5.46. The van der Waals surface area contributed by atoms with Crippen LogP contribution in [-0.2, 0) is 9.59 Å². The lowest BCUT2D eigenvalue weighted by molar-refractivity contribution is -0.135. The number of carbonyl (C=O) groups is 2. The highest BCUT2D eigenvalue weighted by atomic mass is 16.2. The van der Waals surface area contributed by atoms with Gasteiger partial charge in [-0.2, -0.15) is 0 Å². The van der Waals surface area contributed by atoms with Crippen molar-refractivity contribution in [3.63, 3.8) is 0 Å². The number of guanidine groups is 1. The predicted molar refractivity (Wildman–Crippen MR) is 102 cm³/mol. The van der Waals surface area contributed by atoms with Gasteiger partial charge in [-0.05, 0) is 39.0 Å². The summed E-state index contributed by atoms with van der Waals surface area (Å²) in [6, 6.07) is 0.564. The summed E-state index contributed by atoms with van der Waals surface area (Å²) in [5.41, 5.74) is 0. The van der Waals surface area contributed by atoms with Crippen molar-refractivity contribution in [3.8, 4) is 0 Å². The monoisotopic (exact) mass is 363 g/mol. The fraction of sp³-hybridized carbons (Fsp3) is 0.842. The van der Waals surface area contributed by atoms with Gasteiger partial charge in [0.05, 0.1) is 0 Å². The summed E-state index contributed by atoms with van der Waals surface area (Å²) in [5.74, 6) is 1.20. The van der Waals surface area contributed by atoms with Crippen LogP contribution in [0.15, 0.2) is 4.99 Å². The van der Waals surface area contributed by atoms with Crippen molar-refractivity contribution in [1.82, 2.24) is 20.9 Å². The van der Waals surface area contributed by atoms with Crippen LogP contribution in [0.1, 0.15) is 58.3 Å². The van der Waals surface area contributed by atoms with Gasteiger partial charge in [0, 0.05) is 37.6 Å². The van der Waals surface area contributed by atoms with E-state index in [9.17, 15) is 9.59 Å². The number of nitrogens with one attached hydrogen (secondary N) is 3. The van der Waals surface area contributed by atoms with E-state index < -0.39 is 0 Å². The van der Waals surface area contributed by atoms with E-state index in [-0.39, 0.29) is 24.4 Å². The van der Waals surface area contributed by atoms with Crippen LogP contribution >= 0.6 is 0 Å². The van der Waals surface area contributed by atoms with E-state index in [4.69, 9.17) is 0 Å². The van der Waals surface area contributed by atoms with Crippen molar-refractivity contribution in [1.29, 1.82) is 0 Å². The lowest BCUT2D eigenvalue weighted by Gasteiger charge is -2.26. The molecule has 1 unspecified atom stereocenters. The maximum absolute atomic E-state index is 12.7. The Labute approximate surface area is 156 Å². The maximum Gasteiger partial charge on any atom is 0.242 e. The Balaban J connectivity index is 1.46. The van der Waals surface area contributed by atoms with Crippen molar-refractivity contribution in [2.75, 3.05) is 26.2 Å². The summed E-state index contributed by atoms with van der Waals surface area (Å²) in [6.45, 7) is 4.44. The minimum Gasteiger partial charge on any atom is -0.357 e. The van der Waals surface area contributed by atoms with Gasteiger partial charge in [-0.3, -0.25) is 9.59 Å². The Kier molecular flexibility index (Phi) is 6.74. The van der Waals surface area contributed by atoms with Crippen LogP contribution in [-0.4, -0.2) is 60.9 Å². The van der Waals surface area contributed by atoms with Crippen molar-refractivity contribution < 1.29 is 9.59 Å². The lowest BCUT2D eigenvalue weighted by atomic mass is 9.88. The number of nitrogens with zero attached hydrogens (tertiary/aromatic N) is 2. The second-order valence-electron chi connectivity index (χ2n) is 7.79. The molecule has 0 bridgehead atoms. The molecule has 7 nitrogen and oxygen atoms in total. The van der Waals surface area contributed by atoms with Gasteiger partial charge in [0.25, 0.3) is 0 Å². The lowest BCUT2D eigenvalue weighted by Crippen LogP contribution is -2.46. The van der Waals surface area contributed by atoms with Crippen molar-refractivity contribution >= 4 is 17.8 Å². The second kappa shape index (κ2) is 9.24. The van der Waals surface area contributed by atoms with Crippen LogP contribution in [0.2, 0.25) is 0 Å². The first-order valence-corrected chi connectivity index (χ1v) is 10.3. The molecule has 1 saturated heterocycles. The molecule has 2 amide bonds. The van der Waals surface area contributed by atoms with E-state index in [1.54, 1.807) is 0 Å². The van der Waals surface area contributed by atoms with Crippen LogP contribution in [0.4, 0.5) is 0 Å². The van der Waals surface area contributed by atoms with Gasteiger partial charge in [-0.1, -0.05) is 19.3 Å². The molecule has 0 aromatic carbocycles. The first kappa shape index (κ1) is 19.0. The average Bonchev–Trinajstić information content (AvgIpc) is 3.35. The largest absolute Gasteiger partial charge is 0.357 e. The first-order valence-electron chi connectivity index (χ1n) is 10.3. The number of carbonyl (C=O) groups excluding carboxylic acids is 2. The molecule has 3 aliphatic rings. The zero-order valence-corrected chi connectivity index (χ0v) is 15.9. The Morgan fingerprint density at radius 1 is 1.00 bits per heavy atom. The average molecular weight is 364 g/mol. The number of likely N-dealkylation sites (tertiary alicyclic amines) is 1. The molecule has 1 aliphatic heterocycles. The maximum atomic E-state index is 12.7. The van der Waals surface area contributed by atoms with Gasteiger partial charge in [0.2, 0.25) is 11.8 Å². The topological polar surface area (TPSA) is 85.8 Å². The van der Waals surface area contributed by atoms with Crippen LogP contribution < -0.4 is 16.0 Å². The molecule has 146 valence electrons. The molecule has 3 rings (SSSR count). The molecule has 1 heterocycles. The molecule has 1 atom stereocenters. The van der Waals surface area contributed by atoms with E-state index in [0.717, 1.165) is 51.7 Å². The standard InChI is InChI=1S/C19H33N5O2/c1-2-20-19(21-12-17(25)22-15-8-9-15)23-16-10-11-24(13-16)18(26)14-6-4-3-5-7-14/h14-16H,2-13H2,1H3,(H,22,25)(H2,20,21,23). The minimum absolute atomic E-state index is 0.0229. The normalized spacial score (nSPS) is 24.4. The molecule has 0 radical (unpaired) electrons. The Bertz CT molecular complexity index is 526. The van der Waals surface area contributed by atoms with Gasteiger partial charge in [-0.25, -0.2) is 4.99 Å². The zero-order valence-electron chi connectivity index (χ0n) is 15.9. The third-order valence-corrected chi connectivity index (χ3v) is 5.46. The van der Waals surface area contributed by atoms with Crippen LogP contribution in [0.25, 0.3) is 0 Å². The molecule has 26 heavy (non-hydrogen) atoms. The highest BCUT2D eigenvalue weighted by Crippen LogP contribution is 2.26. The molecule has 0 aromatic rings. The van der Waals surface area contributed by atoms with Crippen LogP contribution in [0.5, 0.6) is 0 Å². The fourth-order valence-electron chi connectivity index (χ4n) is 3.85. The predicted octanol–water partition coefficient (Wildman–Crippen LogP) is 1.00. The molecule has 3 fully saturated rings. The molecule has 0 aromatic heterocycles. The Morgan fingerprint density at radius 3 is 2.46 bits per heavy atom. The number of hydrogen-bond donors (Lipinski definition) is 3. The fourth-order valence-corrected chi connectivity index (χ4v) is 3.85. The van der Waals surface area contributed by atoms with Crippen molar-refractivity contribution in [2.45, 2.75) is 70.4 Å². The van der Waals surface area contributed by atoms with Crippen molar-refractivity contribution in [2.24, 2.45) is 10.9 Å². The quantitative estimate of drug-likeness (QED) is 0.485. The molecule has 2 aliphatic carbocycles. The summed E-state index contributed by atoms with van der Waals surface area (Å²) < 4.78 is 0.